The number of hydrogen-bond donors (Lipinski definition) is 2. The molecule has 1 amide bonds. The van der Waals surface area contributed by atoms with Gasteiger partial charge in [0, 0.05) is 6.07 Å². The first-order valence-corrected chi connectivity index (χ1v) is 7.91. The van der Waals surface area contributed by atoms with Gasteiger partial charge < -0.3 is 10.4 Å². The molecular formula is C16H14N2O5S. The molecule has 0 saturated carbocycles. The van der Waals surface area contributed by atoms with E-state index in [-0.39, 0.29) is 11.4 Å². The van der Waals surface area contributed by atoms with Crippen molar-refractivity contribution in [2.24, 2.45) is 0 Å². The summed E-state index contributed by atoms with van der Waals surface area (Å²) in [7, 11) is 0. The number of nitrogens with zero attached hydrogens (tertiary/aromatic N) is 1. The van der Waals surface area contributed by atoms with Crippen molar-refractivity contribution >= 4 is 29.3 Å². The summed E-state index contributed by atoms with van der Waals surface area (Å²) in [6.07, 6.45) is 0. The van der Waals surface area contributed by atoms with Gasteiger partial charge in [-0.25, -0.2) is 4.79 Å². The lowest BCUT2D eigenvalue weighted by molar-refractivity contribution is -0.387. The summed E-state index contributed by atoms with van der Waals surface area (Å²) in [5, 5.41) is 22.6. The monoisotopic (exact) mass is 346 g/mol. The minimum Gasteiger partial charge on any atom is -0.479 e. The fourth-order valence-corrected chi connectivity index (χ4v) is 2.84. The van der Waals surface area contributed by atoms with Crippen molar-refractivity contribution in [2.45, 2.75) is 10.9 Å². The zero-order valence-corrected chi connectivity index (χ0v) is 13.2. The first kappa shape index (κ1) is 17.5. The molecule has 0 aliphatic rings. The van der Waals surface area contributed by atoms with E-state index in [0.29, 0.717) is 10.5 Å². The first-order valence-electron chi connectivity index (χ1n) is 6.92. The van der Waals surface area contributed by atoms with Gasteiger partial charge in [-0.3, -0.25) is 14.9 Å². The second-order valence-electron chi connectivity index (χ2n) is 4.76. The molecule has 2 rings (SSSR count). The van der Waals surface area contributed by atoms with E-state index in [1.54, 1.807) is 42.5 Å². The minimum atomic E-state index is -1.18. The molecule has 0 bridgehead atoms. The minimum absolute atomic E-state index is 0.0897. The molecule has 0 aromatic heterocycles. The number of hydrogen-bond acceptors (Lipinski definition) is 5. The van der Waals surface area contributed by atoms with E-state index < -0.39 is 22.8 Å². The van der Waals surface area contributed by atoms with Crippen LogP contribution in [0.25, 0.3) is 0 Å². The quantitative estimate of drug-likeness (QED) is 0.453. The van der Waals surface area contributed by atoms with Crippen molar-refractivity contribution in [2.75, 3.05) is 5.75 Å². The number of rotatable bonds is 7. The summed E-state index contributed by atoms with van der Waals surface area (Å²) in [6.45, 7) is 0. The molecule has 2 N–H and O–H groups in total. The predicted octanol–water partition coefficient (Wildman–Crippen LogP) is 2.63. The van der Waals surface area contributed by atoms with Crippen LogP contribution in [-0.2, 0) is 9.59 Å². The Morgan fingerprint density at radius 1 is 1.12 bits per heavy atom. The van der Waals surface area contributed by atoms with Gasteiger partial charge in [-0.05, 0) is 11.6 Å². The molecule has 0 saturated heterocycles. The second-order valence-corrected chi connectivity index (χ2v) is 5.78. The standard InChI is InChI=1S/C16H14N2O5S/c19-14(10-24-13-9-5-4-8-12(13)18(22)23)17-15(16(20)21)11-6-2-1-3-7-11/h1-9,15H,10H2,(H,17,19)(H,20,21)/t15-/m0/s1. The smallest absolute Gasteiger partial charge is 0.330 e. The van der Waals surface area contributed by atoms with Crippen LogP contribution in [-0.4, -0.2) is 27.7 Å². The normalized spacial score (nSPS) is 11.5. The van der Waals surface area contributed by atoms with Crippen molar-refractivity contribution < 1.29 is 19.6 Å². The van der Waals surface area contributed by atoms with E-state index in [9.17, 15) is 24.8 Å². The van der Waals surface area contributed by atoms with E-state index in [1.165, 1.54) is 12.1 Å². The Morgan fingerprint density at radius 2 is 1.75 bits per heavy atom. The number of carbonyl (C=O) groups is 2. The summed E-state index contributed by atoms with van der Waals surface area (Å²) in [4.78, 5) is 34.1. The third kappa shape index (κ3) is 4.56. The average molecular weight is 346 g/mol. The Labute approximate surface area is 141 Å². The molecule has 0 fully saturated rings. The van der Waals surface area contributed by atoms with Crippen molar-refractivity contribution in [1.29, 1.82) is 0 Å². The molecule has 2 aromatic carbocycles. The van der Waals surface area contributed by atoms with Crippen LogP contribution in [0.3, 0.4) is 0 Å². The number of benzene rings is 2. The molecule has 0 aliphatic carbocycles. The highest BCUT2D eigenvalue weighted by Crippen LogP contribution is 2.28. The zero-order chi connectivity index (χ0) is 17.5. The number of carboxylic acids is 1. The number of nitro groups is 1. The molecule has 7 nitrogen and oxygen atoms in total. The number of carboxylic acid groups (broad SMARTS) is 1. The number of amides is 1. The van der Waals surface area contributed by atoms with E-state index in [1.807, 2.05) is 0 Å². The van der Waals surface area contributed by atoms with Gasteiger partial charge in [0.1, 0.15) is 0 Å². The molecule has 24 heavy (non-hydrogen) atoms. The van der Waals surface area contributed by atoms with E-state index in [2.05, 4.69) is 5.32 Å². The lowest BCUT2D eigenvalue weighted by Crippen LogP contribution is -2.34. The molecule has 124 valence electrons. The van der Waals surface area contributed by atoms with Crippen LogP contribution in [0.2, 0.25) is 0 Å². The highest BCUT2D eigenvalue weighted by Gasteiger charge is 2.22. The Morgan fingerprint density at radius 3 is 2.38 bits per heavy atom. The SMILES string of the molecule is O=C(CSc1ccccc1[N+](=O)[O-])N[C@H](C(=O)O)c1ccccc1. The van der Waals surface area contributed by atoms with Crippen LogP contribution in [0.4, 0.5) is 5.69 Å². The van der Waals surface area contributed by atoms with Crippen LogP contribution in [0.15, 0.2) is 59.5 Å². The molecule has 0 spiro atoms. The fourth-order valence-electron chi connectivity index (χ4n) is 2.01. The molecule has 0 radical (unpaired) electrons. The van der Waals surface area contributed by atoms with E-state index >= 15 is 0 Å². The number of aliphatic carboxylic acids is 1. The van der Waals surface area contributed by atoms with E-state index in [0.717, 1.165) is 11.8 Å². The van der Waals surface area contributed by atoms with Crippen molar-refractivity contribution in [3.05, 3.63) is 70.3 Å². The van der Waals surface area contributed by atoms with Crippen LogP contribution in [0.5, 0.6) is 0 Å². The fraction of sp³-hybridized carbons (Fsp3) is 0.125. The highest BCUT2D eigenvalue weighted by atomic mass is 32.2. The number of nitro benzene ring substituents is 1. The Bertz CT molecular complexity index is 751. The van der Waals surface area contributed by atoms with Crippen LogP contribution < -0.4 is 5.32 Å². The molecule has 8 heteroatoms. The Balaban J connectivity index is 2.02. The van der Waals surface area contributed by atoms with Crippen molar-refractivity contribution in [1.82, 2.24) is 5.32 Å². The van der Waals surface area contributed by atoms with Gasteiger partial charge in [0.05, 0.1) is 15.6 Å². The van der Waals surface area contributed by atoms with Crippen molar-refractivity contribution in [3.8, 4) is 0 Å². The third-order valence-electron chi connectivity index (χ3n) is 3.11. The van der Waals surface area contributed by atoms with Gasteiger partial charge in [0.25, 0.3) is 5.69 Å². The van der Waals surface area contributed by atoms with Gasteiger partial charge >= 0.3 is 5.97 Å². The Hall–Kier alpha value is -2.87. The Kier molecular flexibility index (Phi) is 5.91. The van der Waals surface area contributed by atoms with Gasteiger partial charge in [-0.15, -0.1) is 11.8 Å². The summed E-state index contributed by atoms with van der Waals surface area (Å²) < 4.78 is 0. The molecule has 1 atom stereocenters. The van der Waals surface area contributed by atoms with Crippen LogP contribution in [0, 0.1) is 10.1 Å². The number of para-hydroxylation sites is 1. The van der Waals surface area contributed by atoms with Crippen molar-refractivity contribution in [3.63, 3.8) is 0 Å². The first-order chi connectivity index (χ1) is 11.5. The summed E-state index contributed by atoms with van der Waals surface area (Å²) in [5.74, 6) is -1.82. The number of nitrogens with one attached hydrogen (secondary N) is 1. The number of carbonyl (C=O) groups excluding carboxylic acids is 1. The molecule has 0 heterocycles. The van der Waals surface area contributed by atoms with Gasteiger partial charge in [0.15, 0.2) is 6.04 Å². The number of thioether (sulfide) groups is 1. The highest BCUT2D eigenvalue weighted by molar-refractivity contribution is 8.00. The van der Waals surface area contributed by atoms with E-state index in [4.69, 9.17) is 0 Å². The zero-order valence-electron chi connectivity index (χ0n) is 12.4. The van der Waals surface area contributed by atoms with Gasteiger partial charge in [-0.2, -0.15) is 0 Å². The lowest BCUT2D eigenvalue weighted by atomic mass is 10.1. The molecule has 0 aliphatic heterocycles. The summed E-state index contributed by atoms with van der Waals surface area (Å²) in [6, 6.07) is 13.2. The molecule has 0 unspecified atom stereocenters. The largest absolute Gasteiger partial charge is 0.479 e. The maximum atomic E-state index is 12.0. The molecule has 2 aromatic rings. The van der Waals surface area contributed by atoms with Gasteiger partial charge in [0.2, 0.25) is 5.91 Å². The maximum Gasteiger partial charge on any atom is 0.330 e. The lowest BCUT2D eigenvalue weighted by Gasteiger charge is -2.14. The third-order valence-corrected chi connectivity index (χ3v) is 4.17. The molecular weight excluding hydrogens is 332 g/mol. The predicted molar refractivity (Wildman–Crippen MR) is 88.8 cm³/mol. The second kappa shape index (κ2) is 8.11. The summed E-state index contributed by atoms with van der Waals surface area (Å²) >= 11 is 0.986. The van der Waals surface area contributed by atoms with Crippen LogP contribution >= 0.6 is 11.8 Å². The average Bonchev–Trinajstić information content (AvgIpc) is 2.58. The van der Waals surface area contributed by atoms with Gasteiger partial charge in [-0.1, -0.05) is 42.5 Å². The topological polar surface area (TPSA) is 110 Å². The van der Waals surface area contributed by atoms with Crippen LogP contribution in [0.1, 0.15) is 11.6 Å². The summed E-state index contributed by atoms with van der Waals surface area (Å²) in [5.41, 5.74) is 0.363. The maximum absolute atomic E-state index is 12.0.